The van der Waals surface area contributed by atoms with E-state index >= 15 is 4.39 Å². The number of phenols is 1. The summed E-state index contributed by atoms with van der Waals surface area (Å²) in [5, 5.41) is 22.7. The van der Waals surface area contributed by atoms with Crippen molar-refractivity contribution in [2.45, 2.75) is 51.8 Å². The first-order chi connectivity index (χ1) is 17.9. The van der Waals surface area contributed by atoms with Crippen LogP contribution in [0.5, 0.6) is 5.75 Å². The van der Waals surface area contributed by atoms with Gasteiger partial charge in [0.1, 0.15) is 11.6 Å². The van der Waals surface area contributed by atoms with E-state index in [1.165, 1.54) is 25.1 Å². The zero-order valence-electron chi connectivity index (χ0n) is 23.1. The lowest BCUT2D eigenvalue weighted by Gasteiger charge is -2.52. The summed E-state index contributed by atoms with van der Waals surface area (Å²) >= 11 is 0. The average Bonchev–Trinajstić information content (AvgIpc) is 2.77. The Morgan fingerprint density at radius 1 is 1.15 bits per heavy atom. The van der Waals surface area contributed by atoms with Crippen LogP contribution in [0.25, 0.3) is 0 Å². The molecule has 10 nitrogen and oxygen atoms in total. The Morgan fingerprint density at radius 2 is 1.77 bits per heavy atom. The Kier molecular flexibility index (Phi) is 7.11. The van der Waals surface area contributed by atoms with Crippen LogP contribution in [-0.4, -0.2) is 88.4 Å². The molecule has 2 saturated carbocycles. The third-order valence-corrected chi connectivity index (χ3v) is 8.27. The molecule has 0 heterocycles. The lowest BCUT2D eigenvalue weighted by molar-refractivity contribution is -0.181. The molecule has 6 atom stereocenters. The van der Waals surface area contributed by atoms with E-state index in [1.54, 1.807) is 7.05 Å². The minimum atomic E-state index is -2.79. The first kappa shape index (κ1) is 29.0. The highest BCUT2D eigenvalue weighted by Crippen LogP contribution is 2.51. The second-order valence-electron chi connectivity index (χ2n) is 12.7. The number of rotatable bonds is 5. The number of ketones is 4. The molecule has 3 aliphatic carbocycles. The number of carbonyl (C=O) groups excluding carboxylic acids is 5. The van der Waals surface area contributed by atoms with Crippen molar-refractivity contribution >= 4 is 29.0 Å². The minimum Gasteiger partial charge on any atom is -0.507 e. The summed E-state index contributed by atoms with van der Waals surface area (Å²) < 4.78 is 15.2. The highest BCUT2D eigenvalue weighted by atomic mass is 19.1. The van der Waals surface area contributed by atoms with Crippen molar-refractivity contribution < 1.29 is 38.6 Å². The number of amides is 1. The number of nitrogens with two attached hydrogens (primary N) is 1. The molecule has 1 aromatic carbocycles. The lowest BCUT2D eigenvalue weighted by atomic mass is 9.52. The molecule has 4 rings (SSSR count). The van der Waals surface area contributed by atoms with E-state index in [2.05, 4.69) is 0 Å². The Hall–Kier alpha value is -3.02. The van der Waals surface area contributed by atoms with Gasteiger partial charge in [-0.15, -0.1) is 0 Å². The highest BCUT2D eigenvalue weighted by molar-refractivity contribution is 6.32. The van der Waals surface area contributed by atoms with E-state index in [-0.39, 0.29) is 41.5 Å². The summed E-state index contributed by atoms with van der Waals surface area (Å²) in [6.07, 6.45) is -0.0588. The van der Waals surface area contributed by atoms with Gasteiger partial charge in [0, 0.05) is 24.6 Å². The molecule has 2 fully saturated rings. The van der Waals surface area contributed by atoms with Crippen molar-refractivity contribution in [2.24, 2.45) is 34.8 Å². The van der Waals surface area contributed by atoms with Crippen LogP contribution in [0, 0.1) is 34.9 Å². The predicted octanol–water partition coefficient (Wildman–Crippen LogP) is 0.484. The van der Waals surface area contributed by atoms with Crippen molar-refractivity contribution in [3.63, 3.8) is 0 Å². The van der Waals surface area contributed by atoms with Crippen LogP contribution in [0.3, 0.4) is 0 Å². The molecule has 3 aliphatic rings. The fourth-order valence-corrected chi connectivity index (χ4v) is 6.95. The zero-order valence-corrected chi connectivity index (χ0v) is 23.1. The highest BCUT2D eigenvalue weighted by Gasteiger charge is 2.69. The molecule has 0 saturated heterocycles. The van der Waals surface area contributed by atoms with Gasteiger partial charge in [-0.3, -0.25) is 28.9 Å². The lowest BCUT2D eigenvalue weighted by Crippen LogP contribution is -2.74. The van der Waals surface area contributed by atoms with E-state index < -0.39 is 75.9 Å². The van der Waals surface area contributed by atoms with Crippen molar-refractivity contribution in [1.29, 1.82) is 0 Å². The average molecular weight is 546 g/mol. The van der Waals surface area contributed by atoms with E-state index in [9.17, 15) is 34.2 Å². The number of aromatic hydroxyl groups is 1. The fourth-order valence-electron chi connectivity index (χ4n) is 6.95. The fraction of sp³-hybridized carbons (Fsp3) is 0.607. The maximum absolute atomic E-state index is 15.2. The number of phenolic OH excluding ortho intramolecular Hbond substituents is 1. The normalized spacial score (nSPS) is 30.9. The van der Waals surface area contributed by atoms with Crippen LogP contribution in [0.2, 0.25) is 0 Å². The Bertz CT molecular complexity index is 1290. The van der Waals surface area contributed by atoms with Gasteiger partial charge >= 0.3 is 0 Å². The van der Waals surface area contributed by atoms with Gasteiger partial charge in [0.2, 0.25) is 5.91 Å². The Labute approximate surface area is 226 Å². The second kappa shape index (κ2) is 9.57. The second-order valence-corrected chi connectivity index (χ2v) is 12.7. The summed E-state index contributed by atoms with van der Waals surface area (Å²) in [7, 11) is 4.79. The van der Waals surface area contributed by atoms with Gasteiger partial charge in [-0.1, -0.05) is 20.8 Å². The molecule has 0 bridgehead atoms. The molecule has 212 valence electrons. The molecule has 0 aromatic heterocycles. The molecule has 1 aromatic rings. The number of hydrogen-bond donors (Lipinski definition) is 3. The third kappa shape index (κ3) is 4.50. The molecule has 0 spiro atoms. The smallest absolute Gasteiger partial charge is 0.235 e. The molecule has 2 unspecified atom stereocenters. The zero-order chi connectivity index (χ0) is 29.4. The first-order valence-electron chi connectivity index (χ1n) is 13.0. The summed E-state index contributed by atoms with van der Waals surface area (Å²) in [6, 6.07) is 0.01000. The van der Waals surface area contributed by atoms with Gasteiger partial charge in [0.05, 0.1) is 17.5 Å². The number of halogens is 1. The van der Waals surface area contributed by atoms with E-state index in [0.717, 1.165) is 0 Å². The maximum atomic E-state index is 15.2. The summed E-state index contributed by atoms with van der Waals surface area (Å²) in [6.45, 7) is 6.60. The SMILES string of the molecule is CN(Cc1c(F)cc2c(c1O)C(=O)C1C(=O)[C@]3(O)C(=O)C(C(N)=O)C(=O)[C@@H](N(C)C)[C@@H]3C[C@@H]1C2)CC(C)(C)C. The van der Waals surface area contributed by atoms with E-state index in [4.69, 9.17) is 5.73 Å². The topological polar surface area (TPSA) is 158 Å². The van der Waals surface area contributed by atoms with Gasteiger partial charge in [-0.25, -0.2) is 4.39 Å². The monoisotopic (exact) mass is 545 g/mol. The number of fused-ring (bicyclic) bond motifs is 3. The molecule has 1 amide bonds. The van der Waals surface area contributed by atoms with Gasteiger partial charge < -0.3 is 20.8 Å². The number of primary amides is 1. The number of hydrogen-bond acceptors (Lipinski definition) is 9. The van der Waals surface area contributed by atoms with Gasteiger partial charge in [-0.2, -0.15) is 0 Å². The molecule has 0 aliphatic heterocycles. The van der Waals surface area contributed by atoms with Crippen LogP contribution in [0.1, 0.15) is 48.7 Å². The summed E-state index contributed by atoms with van der Waals surface area (Å²) in [4.78, 5) is 69.3. The number of carbonyl (C=O) groups is 5. The first-order valence-corrected chi connectivity index (χ1v) is 13.0. The third-order valence-electron chi connectivity index (χ3n) is 8.27. The van der Waals surface area contributed by atoms with E-state index in [0.29, 0.717) is 6.54 Å². The largest absolute Gasteiger partial charge is 0.507 e. The maximum Gasteiger partial charge on any atom is 0.235 e. The van der Waals surface area contributed by atoms with Crippen LogP contribution < -0.4 is 5.73 Å². The summed E-state index contributed by atoms with van der Waals surface area (Å²) in [5.41, 5.74) is 2.35. The van der Waals surface area contributed by atoms with Crippen molar-refractivity contribution in [1.82, 2.24) is 9.80 Å². The molecular formula is C28H36FN3O7. The number of Topliss-reactive ketones (excluding diaryl/α,β-unsaturated/α-hetero) is 4. The van der Waals surface area contributed by atoms with Crippen LogP contribution >= 0.6 is 0 Å². The predicted molar refractivity (Wildman–Crippen MR) is 137 cm³/mol. The van der Waals surface area contributed by atoms with Crippen molar-refractivity contribution in [2.75, 3.05) is 27.7 Å². The van der Waals surface area contributed by atoms with Gasteiger partial charge in [0.25, 0.3) is 0 Å². The quantitative estimate of drug-likeness (QED) is 0.448. The number of nitrogens with zero attached hydrogens (tertiary/aromatic N) is 2. The molecule has 0 radical (unpaired) electrons. The summed E-state index contributed by atoms with van der Waals surface area (Å²) in [5.74, 6) is -12.1. The van der Waals surface area contributed by atoms with Crippen LogP contribution in [0.15, 0.2) is 6.07 Å². The van der Waals surface area contributed by atoms with E-state index in [1.807, 2.05) is 25.7 Å². The van der Waals surface area contributed by atoms with Crippen molar-refractivity contribution in [3.05, 3.63) is 28.6 Å². The number of likely N-dealkylation sites (N-methyl/N-ethyl adjacent to an activating group) is 1. The molecule has 11 heteroatoms. The Morgan fingerprint density at radius 3 is 2.31 bits per heavy atom. The Balaban J connectivity index is 1.78. The van der Waals surface area contributed by atoms with Gasteiger partial charge in [-0.05, 0) is 56.9 Å². The number of aliphatic hydroxyl groups is 1. The molecule has 4 N–H and O–H groups in total. The molecule has 39 heavy (non-hydrogen) atoms. The standard InChI is InChI=1S/C28H36FN3O7/c1-27(2,3)11-32(6)10-14-16(29)9-13-7-12-8-15-20(31(4)5)23(35)19(26(30)38)25(37)28(15,39)24(36)18(12)22(34)17(13)21(14)33/h9,12,15,18-20,33,39H,7-8,10-11H2,1-6H3,(H2,30,38)/t12-,15-,18?,19?,20-,28-/m0/s1. The molecular weight excluding hydrogens is 509 g/mol. The van der Waals surface area contributed by atoms with Crippen LogP contribution in [0.4, 0.5) is 4.39 Å². The van der Waals surface area contributed by atoms with Gasteiger partial charge in [0.15, 0.2) is 34.7 Å². The van der Waals surface area contributed by atoms with Crippen LogP contribution in [-0.2, 0) is 32.1 Å². The van der Waals surface area contributed by atoms with Crippen molar-refractivity contribution in [3.8, 4) is 5.75 Å². The minimum absolute atomic E-state index is 0.00888. The number of benzene rings is 1.